The van der Waals surface area contributed by atoms with Gasteiger partial charge in [0.05, 0.1) is 6.20 Å². The van der Waals surface area contributed by atoms with Crippen LogP contribution in [-0.2, 0) is 22.4 Å². The van der Waals surface area contributed by atoms with Crippen molar-refractivity contribution in [1.82, 2.24) is 14.9 Å². The van der Waals surface area contributed by atoms with Crippen LogP contribution in [0.15, 0.2) is 48.7 Å². The first-order valence-electron chi connectivity index (χ1n) is 13.5. The molecule has 6 bridgehead atoms. The standard InChI is InChI=1S/C30H35ClN6O2/c1-30(2,3)28(39)37-13-11-20(12-14-37)16-26(38)35-25-10-9-23-17-21(25)8-7-19-5-4-6-22(15-19)34-29-32-18-24(31)27(33-23)36-29/h4-6,9-10,15,17-18,20H,7-8,11-14,16H2,1-3H3,(H,35,38)(H2,32,33,34,36). The highest BCUT2D eigenvalue weighted by molar-refractivity contribution is 6.32. The van der Waals surface area contributed by atoms with E-state index in [2.05, 4.69) is 38.1 Å². The molecule has 1 fully saturated rings. The molecule has 9 heteroatoms. The predicted molar refractivity (Wildman–Crippen MR) is 156 cm³/mol. The summed E-state index contributed by atoms with van der Waals surface area (Å²) in [5.41, 5.74) is 4.36. The second kappa shape index (κ2) is 11.2. The number of nitrogens with zero attached hydrogens (tertiary/aromatic N) is 3. The van der Waals surface area contributed by atoms with Crippen molar-refractivity contribution in [3.63, 3.8) is 0 Å². The molecule has 5 rings (SSSR count). The zero-order chi connectivity index (χ0) is 27.6. The normalized spacial score (nSPS) is 15.6. The van der Waals surface area contributed by atoms with E-state index in [0.29, 0.717) is 36.3 Å². The topological polar surface area (TPSA) is 99.3 Å². The Hall–Kier alpha value is -3.65. The Labute approximate surface area is 234 Å². The van der Waals surface area contributed by atoms with Gasteiger partial charge < -0.3 is 20.9 Å². The van der Waals surface area contributed by atoms with E-state index in [1.165, 1.54) is 5.56 Å². The fourth-order valence-electron chi connectivity index (χ4n) is 5.14. The lowest BCUT2D eigenvalue weighted by Gasteiger charge is -2.35. The summed E-state index contributed by atoms with van der Waals surface area (Å²) in [6.45, 7) is 7.28. The van der Waals surface area contributed by atoms with Crippen molar-refractivity contribution < 1.29 is 9.59 Å². The molecule has 8 nitrogen and oxygen atoms in total. The quantitative estimate of drug-likeness (QED) is 0.355. The van der Waals surface area contributed by atoms with E-state index in [0.717, 1.165) is 48.3 Å². The van der Waals surface area contributed by atoms with E-state index < -0.39 is 0 Å². The van der Waals surface area contributed by atoms with Crippen LogP contribution in [-0.4, -0.2) is 39.8 Å². The third-order valence-corrected chi connectivity index (χ3v) is 7.55. The molecule has 3 N–H and O–H groups in total. The van der Waals surface area contributed by atoms with E-state index in [4.69, 9.17) is 11.6 Å². The number of nitrogens with one attached hydrogen (secondary N) is 3. The van der Waals surface area contributed by atoms with Crippen LogP contribution in [0.3, 0.4) is 0 Å². The zero-order valence-corrected chi connectivity index (χ0v) is 23.4. The van der Waals surface area contributed by atoms with Gasteiger partial charge in [-0.25, -0.2) is 4.98 Å². The van der Waals surface area contributed by atoms with Crippen LogP contribution in [0, 0.1) is 11.3 Å². The van der Waals surface area contributed by atoms with Gasteiger partial charge >= 0.3 is 0 Å². The molecular weight excluding hydrogens is 512 g/mol. The first-order valence-corrected chi connectivity index (χ1v) is 13.9. The zero-order valence-electron chi connectivity index (χ0n) is 22.7. The van der Waals surface area contributed by atoms with Crippen molar-refractivity contribution in [2.45, 2.75) is 52.9 Å². The number of benzene rings is 2. The fourth-order valence-corrected chi connectivity index (χ4v) is 5.28. The number of rotatable bonds is 3. The first kappa shape index (κ1) is 26.9. The number of hydrogen-bond donors (Lipinski definition) is 3. The van der Waals surface area contributed by atoms with Crippen LogP contribution < -0.4 is 16.0 Å². The molecule has 0 spiro atoms. The van der Waals surface area contributed by atoms with E-state index in [1.807, 2.05) is 56.0 Å². The maximum absolute atomic E-state index is 13.1. The minimum atomic E-state index is -0.377. The number of carbonyl (C=O) groups excluding carboxylic acids is 2. The van der Waals surface area contributed by atoms with Crippen molar-refractivity contribution in [3.05, 3.63) is 64.8 Å². The van der Waals surface area contributed by atoms with E-state index >= 15 is 0 Å². The number of hydrogen-bond acceptors (Lipinski definition) is 6. The maximum atomic E-state index is 13.1. The number of fused-ring (bicyclic) bond motifs is 6. The third kappa shape index (κ3) is 6.68. The molecule has 3 heterocycles. The SMILES string of the molecule is CC(C)(C)C(=O)N1CCC(CC(=O)Nc2ccc3cc2CCc2cccc(c2)Nc2ncc(Cl)c(n2)N3)CC1. The average Bonchev–Trinajstić information content (AvgIpc) is 2.90. The minimum absolute atomic E-state index is 0.00478. The van der Waals surface area contributed by atoms with E-state index in [1.54, 1.807) is 6.20 Å². The van der Waals surface area contributed by atoms with Crippen LogP contribution in [0.2, 0.25) is 5.02 Å². The number of aryl methyl sites for hydroxylation is 2. The Morgan fingerprint density at radius 3 is 2.59 bits per heavy atom. The Morgan fingerprint density at radius 1 is 1.05 bits per heavy atom. The molecule has 2 aromatic carbocycles. The molecule has 0 aliphatic carbocycles. The highest BCUT2D eigenvalue weighted by Crippen LogP contribution is 2.30. The lowest BCUT2D eigenvalue weighted by molar-refractivity contribution is -0.140. The number of piperidine rings is 1. The van der Waals surface area contributed by atoms with Crippen molar-refractivity contribution in [1.29, 1.82) is 0 Å². The van der Waals surface area contributed by atoms with Gasteiger partial charge in [-0.05, 0) is 73.1 Å². The summed E-state index contributed by atoms with van der Waals surface area (Å²) in [5, 5.41) is 10.1. The van der Waals surface area contributed by atoms with E-state index in [-0.39, 0.29) is 23.1 Å². The van der Waals surface area contributed by atoms with Crippen LogP contribution >= 0.6 is 11.6 Å². The molecular formula is C30H35ClN6O2. The lowest BCUT2D eigenvalue weighted by Crippen LogP contribution is -2.44. The summed E-state index contributed by atoms with van der Waals surface area (Å²) in [7, 11) is 0. The number of amides is 2. The molecule has 204 valence electrons. The van der Waals surface area contributed by atoms with Gasteiger partial charge in [-0.15, -0.1) is 0 Å². The second-order valence-corrected chi connectivity index (χ2v) is 11.9. The molecule has 0 saturated carbocycles. The van der Waals surface area contributed by atoms with Gasteiger partial charge in [0, 0.05) is 42.0 Å². The fraction of sp³-hybridized carbons (Fsp3) is 0.400. The van der Waals surface area contributed by atoms with Crippen LogP contribution in [0.4, 0.5) is 28.8 Å². The van der Waals surface area contributed by atoms with Crippen molar-refractivity contribution in [2.75, 3.05) is 29.0 Å². The second-order valence-electron chi connectivity index (χ2n) is 11.5. The number of anilines is 5. The highest BCUT2D eigenvalue weighted by atomic mass is 35.5. The minimum Gasteiger partial charge on any atom is -0.342 e. The molecule has 1 aromatic heterocycles. The first-order chi connectivity index (χ1) is 18.6. The van der Waals surface area contributed by atoms with Gasteiger partial charge in [-0.3, -0.25) is 9.59 Å². The summed E-state index contributed by atoms with van der Waals surface area (Å²) in [4.78, 5) is 36.5. The molecule has 1 saturated heterocycles. The summed E-state index contributed by atoms with van der Waals surface area (Å²) in [5.74, 6) is 1.41. The molecule has 0 radical (unpaired) electrons. The van der Waals surface area contributed by atoms with Gasteiger partial charge in [0.2, 0.25) is 17.8 Å². The van der Waals surface area contributed by atoms with Crippen LogP contribution in [0.25, 0.3) is 0 Å². The highest BCUT2D eigenvalue weighted by Gasteiger charge is 2.31. The Morgan fingerprint density at radius 2 is 1.82 bits per heavy atom. The lowest BCUT2D eigenvalue weighted by atomic mass is 9.89. The van der Waals surface area contributed by atoms with Gasteiger partial charge in [-0.1, -0.05) is 44.5 Å². The molecule has 39 heavy (non-hydrogen) atoms. The maximum Gasteiger partial charge on any atom is 0.229 e. The molecule has 0 atom stereocenters. The summed E-state index contributed by atoms with van der Waals surface area (Å²) >= 11 is 6.38. The molecule has 2 amide bonds. The molecule has 0 unspecified atom stereocenters. The number of halogens is 1. The van der Waals surface area contributed by atoms with Crippen molar-refractivity contribution >= 4 is 52.2 Å². The van der Waals surface area contributed by atoms with Gasteiger partial charge in [0.15, 0.2) is 5.82 Å². The summed E-state index contributed by atoms with van der Waals surface area (Å²) in [6.07, 6.45) is 5.26. The molecule has 2 aliphatic heterocycles. The van der Waals surface area contributed by atoms with E-state index in [9.17, 15) is 9.59 Å². The van der Waals surface area contributed by atoms with Gasteiger partial charge in [0.1, 0.15) is 5.02 Å². The smallest absolute Gasteiger partial charge is 0.229 e. The monoisotopic (exact) mass is 546 g/mol. The number of likely N-dealkylation sites (tertiary alicyclic amines) is 1. The van der Waals surface area contributed by atoms with Crippen molar-refractivity contribution in [3.8, 4) is 0 Å². The number of carbonyl (C=O) groups is 2. The Kier molecular flexibility index (Phi) is 7.75. The van der Waals surface area contributed by atoms with Crippen LogP contribution in [0.5, 0.6) is 0 Å². The number of aromatic nitrogens is 2. The molecule has 2 aliphatic rings. The Bertz CT molecular complexity index is 1380. The summed E-state index contributed by atoms with van der Waals surface area (Å²) < 4.78 is 0. The van der Waals surface area contributed by atoms with Crippen molar-refractivity contribution in [2.24, 2.45) is 11.3 Å². The third-order valence-electron chi connectivity index (χ3n) is 7.27. The summed E-state index contributed by atoms with van der Waals surface area (Å²) in [6, 6.07) is 14.1. The van der Waals surface area contributed by atoms with Gasteiger partial charge in [0.25, 0.3) is 0 Å². The van der Waals surface area contributed by atoms with Crippen LogP contribution in [0.1, 0.15) is 51.2 Å². The van der Waals surface area contributed by atoms with Gasteiger partial charge in [-0.2, -0.15) is 4.98 Å². The average molecular weight is 547 g/mol. The Balaban J connectivity index is 1.31. The molecule has 3 aromatic rings. The largest absolute Gasteiger partial charge is 0.342 e. The predicted octanol–water partition coefficient (Wildman–Crippen LogP) is 6.33.